The minimum atomic E-state index is -0.896. The molecular weight excluding hydrogens is 416 g/mol. The van der Waals surface area contributed by atoms with E-state index in [9.17, 15) is 14.9 Å². The monoisotopic (exact) mass is 434 g/mol. The first-order valence-corrected chi connectivity index (χ1v) is 10.3. The second kappa shape index (κ2) is 8.15. The van der Waals surface area contributed by atoms with Crippen molar-refractivity contribution in [2.45, 2.75) is 26.8 Å². The standard InChI is InChI=1S/C21H18N6O3S/c1-12-4-7-15(8-5-12)17-11-31-21(22-17)26-20(28)19(14(3)25-26)24-23-16-9-6-13(2)18(10-16)27(29)30/h4-11,19H,1-3H3/t19-/m0/s1. The third-order valence-corrected chi connectivity index (χ3v) is 5.61. The van der Waals surface area contributed by atoms with Crippen molar-refractivity contribution >= 4 is 39.5 Å². The van der Waals surface area contributed by atoms with Crippen molar-refractivity contribution in [2.24, 2.45) is 15.3 Å². The molecule has 0 fully saturated rings. The molecule has 1 aromatic heterocycles. The molecule has 0 bridgehead atoms. The van der Waals surface area contributed by atoms with Crippen molar-refractivity contribution in [3.05, 3.63) is 69.1 Å². The summed E-state index contributed by atoms with van der Waals surface area (Å²) in [5.41, 5.74) is 4.12. The summed E-state index contributed by atoms with van der Waals surface area (Å²) in [7, 11) is 0. The van der Waals surface area contributed by atoms with Crippen LogP contribution in [0.15, 0.2) is 63.2 Å². The molecule has 3 aromatic rings. The van der Waals surface area contributed by atoms with Crippen molar-refractivity contribution in [2.75, 3.05) is 5.01 Å². The Hall–Kier alpha value is -3.79. The maximum absolute atomic E-state index is 12.9. The van der Waals surface area contributed by atoms with Gasteiger partial charge in [-0.25, -0.2) is 4.98 Å². The van der Waals surface area contributed by atoms with E-state index < -0.39 is 11.0 Å². The van der Waals surface area contributed by atoms with Crippen LogP contribution in [0, 0.1) is 24.0 Å². The number of benzene rings is 2. The number of nitrogens with zero attached hydrogens (tertiary/aromatic N) is 6. The van der Waals surface area contributed by atoms with Crippen LogP contribution in [0.25, 0.3) is 11.3 Å². The second-order valence-electron chi connectivity index (χ2n) is 7.12. The lowest BCUT2D eigenvalue weighted by Gasteiger charge is -2.08. The van der Waals surface area contributed by atoms with Crippen LogP contribution in [0.5, 0.6) is 0 Å². The average Bonchev–Trinajstić information content (AvgIpc) is 3.33. The van der Waals surface area contributed by atoms with Crippen molar-refractivity contribution in [3.63, 3.8) is 0 Å². The summed E-state index contributed by atoms with van der Waals surface area (Å²) in [5.74, 6) is -0.368. The number of aryl methyl sites for hydroxylation is 2. The molecule has 2 aromatic carbocycles. The van der Waals surface area contributed by atoms with E-state index in [1.165, 1.54) is 22.4 Å². The predicted octanol–water partition coefficient (Wildman–Crippen LogP) is 5.21. The van der Waals surface area contributed by atoms with Gasteiger partial charge in [-0.2, -0.15) is 20.3 Å². The highest BCUT2D eigenvalue weighted by atomic mass is 32.1. The van der Waals surface area contributed by atoms with Crippen molar-refractivity contribution in [1.82, 2.24) is 4.98 Å². The number of hydrogen-bond acceptors (Lipinski definition) is 8. The van der Waals surface area contributed by atoms with Crippen molar-refractivity contribution in [1.29, 1.82) is 0 Å². The van der Waals surface area contributed by atoms with Crippen LogP contribution < -0.4 is 5.01 Å². The first-order chi connectivity index (χ1) is 14.8. The highest BCUT2D eigenvalue weighted by Gasteiger charge is 2.36. The molecule has 1 aliphatic rings. The molecule has 1 aliphatic heterocycles. The van der Waals surface area contributed by atoms with Crippen LogP contribution in [0.1, 0.15) is 18.1 Å². The summed E-state index contributed by atoms with van der Waals surface area (Å²) < 4.78 is 0. The lowest BCUT2D eigenvalue weighted by atomic mass is 10.1. The number of hydrogen-bond donors (Lipinski definition) is 0. The van der Waals surface area contributed by atoms with Crippen molar-refractivity contribution in [3.8, 4) is 11.3 Å². The molecular formula is C21H18N6O3S. The first kappa shape index (κ1) is 20.5. The van der Waals surface area contributed by atoms with Gasteiger partial charge in [-0.15, -0.1) is 11.3 Å². The number of azo groups is 1. The molecule has 9 nitrogen and oxygen atoms in total. The quantitative estimate of drug-likeness (QED) is 0.311. The highest BCUT2D eigenvalue weighted by molar-refractivity contribution is 7.14. The summed E-state index contributed by atoms with van der Waals surface area (Å²) in [5, 5.41) is 27.1. The van der Waals surface area contributed by atoms with Crippen LogP contribution in [0.3, 0.4) is 0 Å². The molecule has 10 heteroatoms. The fourth-order valence-electron chi connectivity index (χ4n) is 3.03. The topological polar surface area (TPSA) is 113 Å². The molecule has 0 saturated heterocycles. The number of anilines is 1. The molecule has 0 N–H and O–H groups in total. The third-order valence-electron chi connectivity index (χ3n) is 4.79. The van der Waals surface area contributed by atoms with Gasteiger partial charge >= 0.3 is 0 Å². The molecule has 1 atom stereocenters. The highest BCUT2D eigenvalue weighted by Crippen LogP contribution is 2.31. The minimum absolute atomic E-state index is 0.0485. The molecule has 2 heterocycles. The van der Waals surface area contributed by atoms with Gasteiger partial charge in [-0.1, -0.05) is 35.9 Å². The van der Waals surface area contributed by atoms with Gasteiger partial charge in [0.2, 0.25) is 5.13 Å². The summed E-state index contributed by atoms with van der Waals surface area (Å²) in [6, 6.07) is 11.6. The van der Waals surface area contributed by atoms with E-state index >= 15 is 0 Å². The van der Waals surface area contributed by atoms with E-state index in [0.717, 1.165) is 16.8 Å². The van der Waals surface area contributed by atoms with Crippen LogP contribution >= 0.6 is 11.3 Å². The lowest BCUT2D eigenvalue weighted by molar-refractivity contribution is -0.385. The Balaban J connectivity index is 1.54. The number of aromatic nitrogens is 1. The molecule has 156 valence electrons. The summed E-state index contributed by atoms with van der Waals surface area (Å²) in [6.07, 6.45) is 0. The number of hydrazone groups is 1. The Kier molecular flexibility index (Phi) is 5.38. The number of carbonyl (C=O) groups is 1. The van der Waals surface area contributed by atoms with Crippen molar-refractivity contribution < 1.29 is 9.72 Å². The van der Waals surface area contributed by atoms with Gasteiger partial charge in [0.1, 0.15) is 0 Å². The number of rotatable bonds is 5. The fourth-order valence-corrected chi connectivity index (χ4v) is 3.81. The number of carbonyl (C=O) groups excluding carboxylic acids is 1. The zero-order valence-electron chi connectivity index (χ0n) is 17.0. The zero-order chi connectivity index (χ0) is 22.1. The van der Waals surface area contributed by atoms with Gasteiger partial charge in [-0.3, -0.25) is 14.9 Å². The Labute approximate surface area is 181 Å². The van der Waals surface area contributed by atoms with Crippen LogP contribution in [0.4, 0.5) is 16.5 Å². The number of thiazole rings is 1. The Morgan fingerprint density at radius 2 is 1.87 bits per heavy atom. The molecule has 31 heavy (non-hydrogen) atoms. The maximum Gasteiger partial charge on any atom is 0.282 e. The number of nitro benzene ring substituents is 1. The normalized spacial score (nSPS) is 16.2. The molecule has 4 rings (SSSR count). The Morgan fingerprint density at radius 3 is 2.58 bits per heavy atom. The van der Waals surface area contributed by atoms with E-state index in [1.807, 2.05) is 36.6 Å². The van der Waals surface area contributed by atoms with Crippen LogP contribution in [0.2, 0.25) is 0 Å². The van der Waals surface area contributed by atoms with E-state index in [1.54, 1.807) is 26.0 Å². The summed E-state index contributed by atoms with van der Waals surface area (Å²) >= 11 is 1.31. The second-order valence-corrected chi connectivity index (χ2v) is 7.96. The van der Waals surface area contributed by atoms with Gasteiger partial charge in [0.15, 0.2) is 6.04 Å². The minimum Gasteiger partial charge on any atom is -0.269 e. The summed E-state index contributed by atoms with van der Waals surface area (Å²) in [4.78, 5) is 28.0. The molecule has 0 aliphatic carbocycles. The van der Waals surface area contributed by atoms with Gasteiger partial charge < -0.3 is 0 Å². The van der Waals surface area contributed by atoms with Gasteiger partial charge in [0.05, 0.1) is 22.0 Å². The zero-order valence-corrected chi connectivity index (χ0v) is 17.8. The van der Waals surface area contributed by atoms with E-state index in [0.29, 0.717) is 22.1 Å². The van der Waals surface area contributed by atoms with Gasteiger partial charge in [-0.05, 0) is 26.8 Å². The SMILES string of the molecule is CC1=NN(c2nc(-c3ccc(C)cc3)cs2)C(=O)[C@H]1N=Nc1ccc(C)c([N+](=O)[O-])c1. The van der Waals surface area contributed by atoms with E-state index in [2.05, 4.69) is 20.3 Å². The lowest BCUT2D eigenvalue weighted by Crippen LogP contribution is -2.29. The largest absolute Gasteiger partial charge is 0.282 e. The summed E-state index contributed by atoms with van der Waals surface area (Å²) in [6.45, 7) is 5.35. The van der Waals surface area contributed by atoms with E-state index in [4.69, 9.17) is 0 Å². The molecule has 1 amide bonds. The van der Waals surface area contributed by atoms with Crippen LogP contribution in [-0.4, -0.2) is 27.6 Å². The number of amides is 1. The van der Waals surface area contributed by atoms with Crippen LogP contribution in [-0.2, 0) is 4.79 Å². The molecule has 0 unspecified atom stereocenters. The Morgan fingerprint density at radius 1 is 1.13 bits per heavy atom. The third kappa shape index (κ3) is 4.10. The smallest absolute Gasteiger partial charge is 0.269 e. The Bertz CT molecular complexity index is 1230. The molecule has 0 spiro atoms. The van der Waals surface area contributed by atoms with Gasteiger partial charge in [0.25, 0.3) is 11.6 Å². The molecule has 0 saturated carbocycles. The number of nitro groups is 1. The average molecular weight is 434 g/mol. The first-order valence-electron chi connectivity index (χ1n) is 9.41. The van der Waals surface area contributed by atoms with Gasteiger partial charge in [0, 0.05) is 22.6 Å². The van der Waals surface area contributed by atoms with E-state index in [-0.39, 0.29) is 11.6 Å². The maximum atomic E-state index is 12.9. The fraction of sp³-hybridized carbons (Fsp3) is 0.190. The molecule has 0 radical (unpaired) electrons. The predicted molar refractivity (Wildman–Crippen MR) is 119 cm³/mol.